The third kappa shape index (κ3) is 3.73. The van der Waals surface area contributed by atoms with Gasteiger partial charge in [-0.05, 0) is 23.8 Å². The number of carbonyl (C=O) groups excluding carboxylic acids is 1. The first-order valence-electron chi connectivity index (χ1n) is 7.90. The Hall–Kier alpha value is -2.41. The van der Waals surface area contributed by atoms with Crippen LogP contribution in [0.3, 0.4) is 0 Å². The Balaban J connectivity index is 1.64. The predicted octanol–water partition coefficient (Wildman–Crippen LogP) is 1.68. The second-order valence-corrected chi connectivity index (χ2v) is 5.94. The Morgan fingerprint density at radius 3 is 2.92 bits per heavy atom. The van der Waals surface area contributed by atoms with E-state index in [0.29, 0.717) is 13.1 Å². The second kappa shape index (κ2) is 7.00. The van der Waals surface area contributed by atoms with Crippen molar-refractivity contribution >= 4 is 5.91 Å². The Labute approximate surface area is 140 Å². The highest BCUT2D eigenvalue weighted by atomic mass is 19.1. The van der Waals surface area contributed by atoms with Crippen molar-refractivity contribution in [1.29, 1.82) is 0 Å². The Morgan fingerprint density at radius 1 is 1.38 bits per heavy atom. The molecule has 1 aliphatic rings. The molecule has 1 aliphatic heterocycles. The number of halogens is 1. The van der Waals surface area contributed by atoms with Gasteiger partial charge in [-0.3, -0.25) is 14.4 Å². The summed E-state index contributed by atoms with van der Waals surface area (Å²) in [5, 5.41) is 7.26. The molecule has 24 heavy (non-hydrogen) atoms. The molecule has 0 saturated carbocycles. The van der Waals surface area contributed by atoms with Crippen molar-refractivity contribution in [3.63, 3.8) is 0 Å². The molecule has 0 radical (unpaired) electrons. The fourth-order valence-corrected chi connectivity index (χ4v) is 2.88. The van der Waals surface area contributed by atoms with Gasteiger partial charge in [0, 0.05) is 26.6 Å². The van der Waals surface area contributed by atoms with Gasteiger partial charge in [-0.25, -0.2) is 4.39 Å². The van der Waals surface area contributed by atoms with Crippen LogP contribution in [0.4, 0.5) is 4.39 Å². The number of amides is 1. The molecule has 0 aliphatic carbocycles. The lowest BCUT2D eigenvalue weighted by Crippen LogP contribution is -2.33. The summed E-state index contributed by atoms with van der Waals surface area (Å²) in [5.41, 5.74) is 2.88. The summed E-state index contributed by atoms with van der Waals surface area (Å²) in [6, 6.07) is 7.07. The van der Waals surface area contributed by atoms with E-state index in [1.807, 2.05) is 16.8 Å². The van der Waals surface area contributed by atoms with Crippen LogP contribution in [0.2, 0.25) is 0 Å². The molecule has 0 bridgehead atoms. The zero-order valence-electron chi connectivity index (χ0n) is 13.9. The van der Waals surface area contributed by atoms with Gasteiger partial charge in [-0.2, -0.15) is 5.10 Å². The Bertz CT molecular complexity index is 744. The Morgan fingerprint density at radius 2 is 2.21 bits per heavy atom. The molecule has 1 aromatic carbocycles. The van der Waals surface area contributed by atoms with E-state index in [1.54, 1.807) is 6.07 Å². The average Bonchev–Trinajstić information content (AvgIpc) is 2.95. The minimum Gasteiger partial charge on any atom is -0.494 e. The SMILES string of the molecule is COc1ccc(CN2CCn3nc(CNC(C)=O)cc3C2)cc1F. The van der Waals surface area contributed by atoms with Crippen LogP contribution in [-0.2, 0) is 31.0 Å². The van der Waals surface area contributed by atoms with E-state index >= 15 is 0 Å². The molecule has 128 valence electrons. The number of methoxy groups -OCH3 is 1. The fraction of sp³-hybridized carbons (Fsp3) is 0.412. The van der Waals surface area contributed by atoms with Gasteiger partial charge in [0.25, 0.3) is 0 Å². The monoisotopic (exact) mass is 332 g/mol. The average molecular weight is 332 g/mol. The van der Waals surface area contributed by atoms with E-state index in [9.17, 15) is 9.18 Å². The lowest BCUT2D eigenvalue weighted by molar-refractivity contribution is -0.119. The van der Waals surface area contributed by atoms with Gasteiger partial charge < -0.3 is 10.1 Å². The molecule has 0 unspecified atom stereocenters. The zero-order valence-corrected chi connectivity index (χ0v) is 13.9. The summed E-state index contributed by atoms with van der Waals surface area (Å²) >= 11 is 0. The van der Waals surface area contributed by atoms with Gasteiger partial charge in [0.15, 0.2) is 11.6 Å². The molecular weight excluding hydrogens is 311 g/mol. The quantitative estimate of drug-likeness (QED) is 0.905. The van der Waals surface area contributed by atoms with Crippen molar-refractivity contribution in [1.82, 2.24) is 20.0 Å². The van der Waals surface area contributed by atoms with Crippen LogP contribution in [0.15, 0.2) is 24.3 Å². The summed E-state index contributed by atoms with van der Waals surface area (Å²) in [4.78, 5) is 13.2. The van der Waals surface area contributed by atoms with Crippen LogP contribution in [0.25, 0.3) is 0 Å². The van der Waals surface area contributed by atoms with Crippen molar-refractivity contribution in [2.24, 2.45) is 0 Å². The minimum absolute atomic E-state index is 0.0656. The smallest absolute Gasteiger partial charge is 0.217 e. The summed E-state index contributed by atoms with van der Waals surface area (Å²) in [6.07, 6.45) is 0. The number of nitrogens with one attached hydrogen (secondary N) is 1. The molecule has 2 heterocycles. The van der Waals surface area contributed by atoms with Crippen LogP contribution in [-0.4, -0.2) is 34.2 Å². The highest BCUT2D eigenvalue weighted by molar-refractivity contribution is 5.72. The van der Waals surface area contributed by atoms with Gasteiger partial charge in [0.05, 0.1) is 31.6 Å². The zero-order chi connectivity index (χ0) is 17.1. The predicted molar refractivity (Wildman–Crippen MR) is 86.8 cm³/mol. The van der Waals surface area contributed by atoms with E-state index in [1.165, 1.54) is 20.1 Å². The second-order valence-electron chi connectivity index (χ2n) is 5.94. The van der Waals surface area contributed by atoms with Crippen molar-refractivity contribution in [2.45, 2.75) is 33.1 Å². The van der Waals surface area contributed by atoms with Gasteiger partial charge in [0.2, 0.25) is 5.91 Å². The first kappa shape index (κ1) is 16.4. The summed E-state index contributed by atoms with van der Waals surface area (Å²) < 4.78 is 20.7. The molecule has 0 fully saturated rings. The summed E-state index contributed by atoms with van der Waals surface area (Å²) in [5.74, 6) is -0.142. The van der Waals surface area contributed by atoms with Crippen LogP contribution < -0.4 is 10.1 Å². The number of carbonyl (C=O) groups is 1. The van der Waals surface area contributed by atoms with Crippen molar-refractivity contribution in [3.8, 4) is 5.75 Å². The van der Waals surface area contributed by atoms with E-state index in [0.717, 1.165) is 36.6 Å². The Kier molecular flexibility index (Phi) is 4.80. The highest BCUT2D eigenvalue weighted by Crippen LogP contribution is 2.21. The number of aromatic nitrogens is 2. The molecule has 1 N–H and O–H groups in total. The van der Waals surface area contributed by atoms with Crippen LogP contribution in [0.5, 0.6) is 5.75 Å². The largest absolute Gasteiger partial charge is 0.494 e. The third-order valence-electron chi connectivity index (χ3n) is 4.07. The maximum Gasteiger partial charge on any atom is 0.217 e. The molecule has 0 spiro atoms. The molecule has 6 nitrogen and oxygen atoms in total. The molecule has 3 rings (SSSR count). The number of hydrogen-bond donors (Lipinski definition) is 1. The molecule has 2 aromatic rings. The van der Waals surface area contributed by atoms with Crippen LogP contribution >= 0.6 is 0 Å². The fourth-order valence-electron chi connectivity index (χ4n) is 2.88. The highest BCUT2D eigenvalue weighted by Gasteiger charge is 2.19. The number of benzene rings is 1. The number of ether oxygens (including phenoxy) is 1. The first-order valence-corrected chi connectivity index (χ1v) is 7.90. The van der Waals surface area contributed by atoms with Gasteiger partial charge in [-0.1, -0.05) is 6.07 Å². The topological polar surface area (TPSA) is 59.4 Å². The molecule has 0 atom stereocenters. The maximum absolute atomic E-state index is 13.8. The van der Waals surface area contributed by atoms with E-state index < -0.39 is 0 Å². The van der Waals surface area contributed by atoms with E-state index in [-0.39, 0.29) is 17.5 Å². The maximum atomic E-state index is 13.8. The molecule has 1 aromatic heterocycles. The van der Waals surface area contributed by atoms with Gasteiger partial charge in [-0.15, -0.1) is 0 Å². The number of rotatable bonds is 5. The standard InChI is InChI=1S/C17H21FN4O2/c1-12(23)19-9-14-8-15-11-21(5-6-22(15)20-14)10-13-3-4-17(24-2)16(18)7-13/h3-4,7-8H,5-6,9-11H2,1-2H3,(H,19,23). The lowest BCUT2D eigenvalue weighted by Gasteiger charge is -2.27. The van der Waals surface area contributed by atoms with Crippen molar-refractivity contribution in [2.75, 3.05) is 13.7 Å². The summed E-state index contributed by atoms with van der Waals surface area (Å²) in [6.45, 7) is 4.99. The number of fused-ring (bicyclic) bond motifs is 1. The number of hydrogen-bond acceptors (Lipinski definition) is 4. The van der Waals surface area contributed by atoms with Gasteiger partial charge >= 0.3 is 0 Å². The van der Waals surface area contributed by atoms with E-state index in [4.69, 9.17) is 4.74 Å². The summed E-state index contributed by atoms with van der Waals surface area (Å²) in [7, 11) is 1.46. The molecule has 1 amide bonds. The van der Waals surface area contributed by atoms with Crippen LogP contribution in [0.1, 0.15) is 23.9 Å². The molecule has 0 saturated heterocycles. The van der Waals surface area contributed by atoms with Crippen molar-refractivity contribution in [3.05, 3.63) is 47.0 Å². The van der Waals surface area contributed by atoms with Crippen molar-refractivity contribution < 1.29 is 13.9 Å². The minimum atomic E-state index is -0.338. The number of nitrogens with zero attached hydrogens (tertiary/aromatic N) is 3. The molecular formula is C17H21FN4O2. The first-order chi connectivity index (χ1) is 11.5. The lowest BCUT2D eigenvalue weighted by atomic mass is 10.1. The molecule has 7 heteroatoms. The van der Waals surface area contributed by atoms with Crippen LogP contribution in [0, 0.1) is 5.82 Å². The third-order valence-corrected chi connectivity index (χ3v) is 4.07. The normalized spacial score (nSPS) is 14.3. The van der Waals surface area contributed by atoms with Gasteiger partial charge in [0.1, 0.15) is 0 Å². The van der Waals surface area contributed by atoms with E-state index in [2.05, 4.69) is 15.3 Å².